The number of hydroxylamine groups is 1. The smallest absolute Gasteiger partial charge is 0.278 e. The highest BCUT2D eigenvalue weighted by atomic mass is 32.1. The van der Waals surface area contributed by atoms with Crippen molar-refractivity contribution >= 4 is 45.0 Å². The number of allylic oxidation sites excluding steroid dienone is 1. The Morgan fingerprint density at radius 2 is 1.82 bits per heavy atom. The average Bonchev–Trinajstić information content (AvgIpc) is 3.41. The summed E-state index contributed by atoms with van der Waals surface area (Å²) in [7, 11) is 0. The molecule has 3 N–H and O–H groups in total. The summed E-state index contributed by atoms with van der Waals surface area (Å²) in [6, 6.07) is 23.6. The van der Waals surface area contributed by atoms with E-state index in [2.05, 4.69) is 40.2 Å². The number of nitrogens with zero attached hydrogens (tertiary/aromatic N) is 2. The molecule has 10 nitrogen and oxygen atoms in total. The molecule has 2 fully saturated rings. The van der Waals surface area contributed by atoms with Gasteiger partial charge >= 0.3 is 0 Å². The lowest BCUT2D eigenvalue weighted by Gasteiger charge is -2.26. The Morgan fingerprint density at radius 1 is 1.04 bits per heavy atom. The molecule has 4 aromatic rings. The summed E-state index contributed by atoms with van der Waals surface area (Å²) in [6.07, 6.45) is 8.54. The Balaban J connectivity index is 1.19. The van der Waals surface area contributed by atoms with E-state index in [1.807, 2.05) is 73.7 Å². The van der Waals surface area contributed by atoms with Crippen molar-refractivity contribution in [3.8, 4) is 10.9 Å². The second-order valence-corrected chi connectivity index (χ2v) is 13.7. The van der Waals surface area contributed by atoms with E-state index in [1.54, 1.807) is 17.0 Å². The second kappa shape index (κ2) is 15.5. The van der Waals surface area contributed by atoms with E-state index in [0.717, 1.165) is 47.2 Å². The van der Waals surface area contributed by atoms with E-state index < -0.39 is 29.5 Å². The molecule has 1 saturated heterocycles. The molecule has 11 heteroatoms. The molecule has 1 saturated carbocycles. The van der Waals surface area contributed by atoms with Crippen molar-refractivity contribution in [1.82, 2.24) is 20.7 Å². The van der Waals surface area contributed by atoms with Gasteiger partial charge in [-0.2, -0.15) is 5.48 Å². The predicted molar refractivity (Wildman–Crippen MR) is 191 cm³/mol. The van der Waals surface area contributed by atoms with Crippen molar-refractivity contribution in [2.24, 2.45) is 5.92 Å². The molecule has 2 heterocycles. The van der Waals surface area contributed by atoms with Gasteiger partial charge in [0.2, 0.25) is 11.8 Å². The Kier molecular flexibility index (Phi) is 10.8. The number of aromatic nitrogens is 1. The van der Waals surface area contributed by atoms with Crippen molar-refractivity contribution in [3.05, 3.63) is 96.6 Å². The minimum atomic E-state index is -1.20. The van der Waals surface area contributed by atoms with Crippen molar-refractivity contribution in [3.63, 3.8) is 0 Å². The molecular formula is C38H43N5O5S. The number of fused-ring (bicyclic) bond motifs is 1. The zero-order valence-corrected chi connectivity index (χ0v) is 28.7. The summed E-state index contributed by atoms with van der Waals surface area (Å²) in [5.41, 5.74) is 4.13. The lowest BCUT2D eigenvalue weighted by Crippen LogP contribution is -2.56. The summed E-state index contributed by atoms with van der Waals surface area (Å²) < 4.78 is 7.32. The van der Waals surface area contributed by atoms with Gasteiger partial charge in [-0.15, -0.1) is 0 Å². The number of nitrogens with one attached hydrogen (secondary N) is 3. The molecule has 49 heavy (non-hydrogen) atoms. The molecule has 0 spiro atoms. The normalized spacial score (nSPS) is 21.4. The van der Waals surface area contributed by atoms with Gasteiger partial charge in [0.05, 0.1) is 23.3 Å². The van der Waals surface area contributed by atoms with Gasteiger partial charge in [0.15, 0.2) is 5.75 Å². The first-order valence-electron chi connectivity index (χ1n) is 17.0. The number of anilines is 1. The van der Waals surface area contributed by atoms with Crippen LogP contribution in [0.4, 0.5) is 5.69 Å². The fourth-order valence-electron chi connectivity index (χ4n) is 6.19. The third-order valence-corrected chi connectivity index (χ3v) is 9.92. The van der Waals surface area contributed by atoms with Crippen LogP contribution in [0.25, 0.3) is 10.2 Å². The second-order valence-electron chi connectivity index (χ2n) is 12.7. The third-order valence-electron chi connectivity index (χ3n) is 9.01. The molecule has 3 amide bonds. The molecule has 1 aliphatic heterocycles. The molecular weight excluding hydrogens is 639 g/mol. The van der Waals surface area contributed by atoms with Gasteiger partial charge in [-0.1, -0.05) is 85.7 Å². The highest BCUT2D eigenvalue weighted by molar-refractivity contribution is 7.20. The van der Waals surface area contributed by atoms with Crippen LogP contribution in [-0.2, 0) is 14.4 Å². The minimum absolute atomic E-state index is 0.000591. The number of para-hydroxylation sites is 2. The third kappa shape index (κ3) is 8.40. The number of hydrogen-bond acceptors (Lipinski definition) is 8. The predicted octanol–water partition coefficient (Wildman–Crippen LogP) is 6.19. The van der Waals surface area contributed by atoms with Crippen molar-refractivity contribution in [2.75, 3.05) is 18.4 Å². The molecule has 0 unspecified atom stereocenters. The van der Waals surface area contributed by atoms with E-state index in [0.29, 0.717) is 17.4 Å². The maximum Gasteiger partial charge on any atom is 0.278 e. The maximum atomic E-state index is 14.2. The number of benzene rings is 3. The van der Waals surface area contributed by atoms with Crippen LogP contribution in [0.5, 0.6) is 10.9 Å². The lowest BCUT2D eigenvalue weighted by atomic mass is 10.1. The van der Waals surface area contributed by atoms with E-state index in [4.69, 9.17) is 9.57 Å². The molecule has 1 aromatic heterocycles. The Hall–Kier alpha value is -4.90. The topological polar surface area (TPSA) is 122 Å². The molecule has 256 valence electrons. The average molecular weight is 682 g/mol. The highest BCUT2D eigenvalue weighted by Gasteiger charge is 2.61. The van der Waals surface area contributed by atoms with Gasteiger partial charge in [-0.05, 0) is 68.1 Å². The monoisotopic (exact) mass is 681 g/mol. The fraction of sp³-hybridized carbons (Fsp3) is 0.368. The maximum absolute atomic E-state index is 14.2. The lowest BCUT2D eigenvalue weighted by molar-refractivity contribution is -0.140. The van der Waals surface area contributed by atoms with Gasteiger partial charge in [0.1, 0.15) is 17.7 Å². The molecule has 2 aliphatic rings. The summed E-state index contributed by atoms with van der Waals surface area (Å²) in [5.74, 6) is -0.818. The number of hydrogen-bond donors (Lipinski definition) is 3. The summed E-state index contributed by atoms with van der Waals surface area (Å²) in [6.45, 7) is 4.40. The summed E-state index contributed by atoms with van der Waals surface area (Å²) in [5, 5.41) is 6.71. The molecule has 3 aromatic carbocycles. The van der Waals surface area contributed by atoms with E-state index in [9.17, 15) is 14.4 Å². The SMILES string of the molecule is CCCCC/C=C\[C@@H]1C[C@]1(NC(=O)[C@@H]1C[C@@H](Oc2nc3ccc(C)cc3s2)CN1C(=O)CNc1ccccc1)C(=O)NOc1ccccc1. The zero-order chi connectivity index (χ0) is 34.2. The van der Waals surface area contributed by atoms with Gasteiger partial charge < -0.3 is 25.1 Å². The first-order valence-corrected chi connectivity index (χ1v) is 17.8. The molecule has 0 radical (unpaired) electrons. The summed E-state index contributed by atoms with van der Waals surface area (Å²) >= 11 is 1.44. The van der Waals surface area contributed by atoms with Crippen LogP contribution >= 0.6 is 11.3 Å². The van der Waals surface area contributed by atoms with Crippen molar-refractivity contribution < 1.29 is 24.0 Å². The zero-order valence-electron chi connectivity index (χ0n) is 27.9. The largest absolute Gasteiger partial charge is 0.465 e. The number of amides is 3. The van der Waals surface area contributed by atoms with E-state index in [1.165, 1.54) is 11.3 Å². The molecule has 6 rings (SSSR count). The number of carbonyl (C=O) groups excluding carboxylic acids is 3. The number of aryl methyl sites for hydroxylation is 1. The highest BCUT2D eigenvalue weighted by Crippen LogP contribution is 2.45. The first-order chi connectivity index (χ1) is 23.8. The van der Waals surface area contributed by atoms with Crippen LogP contribution in [0.15, 0.2) is 91.0 Å². The van der Waals surface area contributed by atoms with E-state index in [-0.39, 0.29) is 31.3 Å². The molecule has 0 bridgehead atoms. The van der Waals surface area contributed by atoms with Crippen LogP contribution in [0.2, 0.25) is 0 Å². The van der Waals surface area contributed by atoms with Gasteiger partial charge in [-0.3, -0.25) is 14.4 Å². The van der Waals surface area contributed by atoms with Crippen LogP contribution < -0.4 is 25.7 Å². The fourth-order valence-corrected chi connectivity index (χ4v) is 7.17. The van der Waals surface area contributed by atoms with Gasteiger partial charge in [0.25, 0.3) is 11.1 Å². The number of ether oxygens (including phenoxy) is 1. The number of carbonyl (C=O) groups is 3. The number of thiazole rings is 1. The quantitative estimate of drug-likeness (QED) is 0.0778. The van der Waals surface area contributed by atoms with Crippen LogP contribution in [0.3, 0.4) is 0 Å². The number of rotatable bonds is 15. The van der Waals surface area contributed by atoms with Gasteiger partial charge in [0, 0.05) is 18.0 Å². The molecule has 1 aliphatic carbocycles. The van der Waals surface area contributed by atoms with Crippen molar-refractivity contribution in [1.29, 1.82) is 0 Å². The van der Waals surface area contributed by atoms with E-state index >= 15 is 0 Å². The Bertz CT molecular complexity index is 1780. The number of likely N-dealkylation sites (tertiary alicyclic amines) is 1. The van der Waals surface area contributed by atoms with Crippen LogP contribution in [0.1, 0.15) is 51.0 Å². The Morgan fingerprint density at radius 3 is 2.59 bits per heavy atom. The van der Waals surface area contributed by atoms with Gasteiger partial charge in [-0.25, -0.2) is 4.98 Å². The standard InChI is InChI=1S/C38H43N5O5S/c1-3-4-5-6-9-14-27-23-38(27,36(46)42-48-29-17-12-8-13-18-29)41-35(45)32-22-30(47-37-40-31-20-19-26(2)21-33(31)49-37)25-43(32)34(44)24-39-28-15-10-7-11-16-28/h7-21,27,30,32,39H,3-6,22-25H2,1-2H3,(H,41,45)(H,42,46)/b14-9-/t27-,30-,32+,38-/m1/s1. The first kappa shape index (κ1) is 34.0. The van der Waals surface area contributed by atoms with Crippen molar-refractivity contribution in [2.45, 2.75) is 70.1 Å². The summed E-state index contributed by atoms with van der Waals surface area (Å²) in [4.78, 5) is 53.3. The number of unbranched alkanes of at least 4 members (excludes halogenated alkanes) is 3. The van der Waals surface area contributed by atoms with Crippen LogP contribution in [0, 0.1) is 12.8 Å². The van der Waals surface area contributed by atoms with Crippen LogP contribution in [-0.4, -0.2) is 58.4 Å². The molecule has 4 atom stereocenters. The minimum Gasteiger partial charge on any atom is -0.465 e. The Labute approximate surface area is 290 Å².